The summed E-state index contributed by atoms with van der Waals surface area (Å²) >= 11 is 6.34. The van der Waals surface area contributed by atoms with Gasteiger partial charge in [0.25, 0.3) is 5.56 Å². The molecule has 0 N–H and O–H groups in total. The number of rotatable bonds is 8. The predicted molar refractivity (Wildman–Crippen MR) is 138 cm³/mol. The maximum Gasteiger partial charge on any atom is 0.276 e. The molecule has 0 fully saturated rings. The third kappa shape index (κ3) is 4.47. The SMILES string of the molecule is CCOc1ccc(-c2cc3c(=O)n(Cc4nc(-c5ccccc5OCC)oc4C)ccn3n2)cc1Cl. The average Bonchev–Trinajstić information content (AvgIpc) is 3.47. The summed E-state index contributed by atoms with van der Waals surface area (Å²) in [6.07, 6.45) is 3.44. The van der Waals surface area contributed by atoms with Crippen molar-refractivity contribution in [3.63, 3.8) is 0 Å². The Morgan fingerprint density at radius 2 is 1.78 bits per heavy atom. The van der Waals surface area contributed by atoms with Crippen LogP contribution in [-0.4, -0.2) is 32.4 Å². The van der Waals surface area contributed by atoms with Crippen LogP contribution in [0, 0.1) is 6.92 Å². The molecule has 0 bridgehead atoms. The van der Waals surface area contributed by atoms with Crippen molar-refractivity contribution in [2.24, 2.45) is 0 Å². The van der Waals surface area contributed by atoms with Crippen molar-refractivity contribution in [3.05, 3.63) is 87.8 Å². The lowest BCUT2D eigenvalue weighted by Gasteiger charge is -2.06. The van der Waals surface area contributed by atoms with Crippen molar-refractivity contribution in [2.45, 2.75) is 27.3 Å². The Kier molecular flexibility index (Phi) is 6.52. The second kappa shape index (κ2) is 9.91. The zero-order valence-electron chi connectivity index (χ0n) is 20.2. The number of nitrogens with zero attached hydrogens (tertiary/aromatic N) is 4. The number of hydrogen-bond donors (Lipinski definition) is 0. The van der Waals surface area contributed by atoms with Crippen LogP contribution in [0.15, 0.2) is 70.1 Å². The molecule has 0 saturated heterocycles. The summed E-state index contributed by atoms with van der Waals surface area (Å²) in [5, 5.41) is 5.05. The van der Waals surface area contributed by atoms with E-state index in [9.17, 15) is 4.79 Å². The summed E-state index contributed by atoms with van der Waals surface area (Å²) in [4.78, 5) is 18.0. The highest BCUT2D eigenvalue weighted by Gasteiger charge is 2.17. The van der Waals surface area contributed by atoms with Crippen molar-refractivity contribution < 1.29 is 13.9 Å². The number of para-hydroxylation sites is 1. The maximum atomic E-state index is 13.3. The number of ether oxygens (including phenoxy) is 2. The second-order valence-corrected chi connectivity index (χ2v) is 8.53. The smallest absolute Gasteiger partial charge is 0.276 e. The molecule has 0 atom stereocenters. The van der Waals surface area contributed by atoms with Crippen LogP contribution in [0.3, 0.4) is 0 Å². The number of oxazole rings is 1. The minimum absolute atomic E-state index is 0.188. The van der Waals surface area contributed by atoms with Gasteiger partial charge in [-0.15, -0.1) is 0 Å². The van der Waals surface area contributed by atoms with Gasteiger partial charge in [0.1, 0.15) is 28.5 Å². The second-order valence-electron chi connectivity index (χ2n) is 8.12. The lowest BCUT2D eigenvalue weighted by Crippen LogP contribution is -2.22. The molecule has 0 aliphatic heterocycles. The van der Waals surface area contributed by atoms with E-state index >= 15 is 0 Å². The highest BCUT2D eigenvalue weighted by atomic mass is 35.5. The largest absolute Gasteiger partial charge is 0.493 e. The van der Waals surface area contributed by atoms with Gasteiger partial charge in [0.2, 0.25) is 5.89 Å². The Hall–Kier alpha value is -4.04. The number of hydrogen-bond acceptors (Lipinski definition) is 6. The number of aromatic nitrogens is 4. The first-order valence-corrected chi connectivity index (χ1v) is 12.1. The van der Waals surface area contributed by atoms with Gasteiger partial charge in [-0.05, 0) is 57.2 Å². The number of fused-ring (bicyclic) bond motifs is 1. The molecular formula is C27H25ClN4O4. The van der Waals surface area contributed by atoms with E-state index in [1.54, 1.807) is 39.7 Å². The topological polar surface area (TPSA) is 83.8 Å². The van der Waals surface area contributed by atoms with Crippen LogP contribution in [0.5, 0.6) is 11.5 Å². The minimum Gasteiger partial charge on any atom is -0.493 e. The first-order chi connectivity index (χ1) is 17.5. The summed E-state index contributed by atoms with van der Waals surface area (Å²) in [6, 6.07) is 14.8. The van der Waals surface area contributed by atoms with Crippen molar-refractivity contribution in [1.29, 1.82) is 0 Å². The monoisotopic (exact) mass is 504 g/mol. The van der Waals surface area contributed by atoms with Crippen LogP contribution in [0.1, 0.15) is 25.3 Å². The van der Waals surface area contributed by atoms with E-state index in [1.165, 1.54) is 0 Å². The van der Waals surface area contributed by atoms with Gasteiger partial charge in [-0.25, -0.2) is 9.50 Å². The van der Waals surface area contributed by atoms with Crippen LogP contribution < -0.4 is 15.0 Å². The van der Waals surface area contributed by atoms with E-state index in [1.807, 2.05) is 51.1 Å². The third-order valence-corrected chi connectivity index (χ3v) is 6.06. The van der Waals surface area contributed by atoms with Crippen LogP contribution >= 0.6 is 11.6 Å². The molecule has 36 heavy (non-hydrogen) atoms. The van der Waals surface area contributed by atoms with Gasteiger partial charge in [0.15, 0.2) is 0 Å². The van der Waals surface area contributed by atoms with Crippen LogP contribution in [0.2, 0.25) is 5.02 Å². The lowest BCUT2D eigenvalue weighted by atomic mass is 10.1. The van der Waals surface area contributed by atoms with E-state index in [4.69, 9.17) is 25.5 Å². The molecular weight excluding hydrogens is 480 g/mol. The summed E-state index contributed by atoms with van der Waals surface area (Å²) in [5.41, 5.74) is 3.13. The Labute approximate surface area is 212 Å². The first kappa shape index (κ1) is 23.7. The molecule has 0 aliphatic rings. The standard InChI is InChI=1S/C27H25ClN4O4/c1-4-34-24-9-7-6-8-19(24)26-29-22(17(3)36-26)16-31-12-13-32-23(27(31)33)15-21(30-32)18-10-11-25(35-5-2)20(28)14-18/h6-15H,4-5,16H2,1-3H3. The Balaban J connectivity index is 1.46. The highest BCUT2D eigenvalue weighted by Crippen LogP contribution is 2.31. The lowest BCUT2D eigenvalue weighted by molar-refractivity contribution is 0.340. The number of aryl methyl sites for hydroxylation is 1. The fourth-order valence-corrected chi connectivity index (χ4v) is 4.24. The molecule has 0 spiro atoms. The number of halogens is 1. The fourth-order valence-electron chi connectivity index (χ4n) is 4.00. The van der Waals surface area contributed by atoms with Crippen molar-refractivity contribution >= 4 is 17.1 Å². The van der Waals surface area contributed by atoms with Gasteiger partial charge < -0.3 is 18.5 Å². The molecule has 0 aliphatic carbocycles. The Morgan fingerprint density at radius 1 is 1.00 bits per heavy atom. The highest BCUT2D eigenvalue weighted by molar-refractivity contribution is 6.32. The van der Waals surface area contributed by atoms with Crippen molar-refractivity contribution in [1.82, 2.24) is 19.2 Å². The number of benzene rings is 2. The normalized spacial score (nSPS) is 11.2. The predicted octanol–water partition coefficient (Wildman–Crippen LogP) is 5.63. The van der Waals surface area contributed by atoms with Crippen molar-refractivity contribution in [3.8, 4) is 34.2 Å². The van der Waals surface area contributed by atoms with Gasteiger partial charge in [-0.3, -0.25) is 4.79 Å². The zero-order valence-corrected chi connectivity index (χ0v) is 21.0. The van der Waals surface area contributed by atoms with E-state index in [0.29, 0.717) is 58.3 Å². The first-order valence-electron chi connectivity index (χ1n) is 11.7. The summed E-state index contributed by atoms with van der Waals surface area (Å²) < 4.78 is 20.3. The molecule has 5 aromatic rings. The molecule has 9 heteroatoms. The summed E-state index contributed by atoms with van der Waals surface area (Å²) in [5.74, 6) is 2.41. The van der Waals surface area contributed by atoms with Gasteiger partial charge in [0.05, 0.1) is 36.0 Å². The average molecular weight is 505 g/mol. The van der Waals surface area contributed by atoms with Gasteiger partial charge >= 0.3 is 0 Å². The molecule has 0 unspecified atom stereocenters. The van der Waals surface area contributed by atoms with Crippen LogP contribution in [-0.2, 0) is 6.54 Å². The molecule has 2 aromatic carbocycles. The Morgan fingerprint density at radius 3 is 2.56 bits per heavy atom. The summed E-state index contributed by atoms with van der Waals surface area (Å²) in [7, 11) is 0. The van der Waals surface area contributed by atoms with E-state index in [0.717, 1.165) is 11.1 Å². The summed E-state index contributed by atoms with van der Waals surface area (Å²) in [6.45, 7) is 6.99. The third-order valence-electron chi connectivity index (χ3n) is 5.76. The van der Waals surface area contributed by atoms with Crippen LogP contribution in [0.4, 0.5) is 0 Å². The molecule has 8 nitrogen and oxygen atoms in total. The quantitative estimate of drug-likeness (QED) is 0.272. The molecule has 0 amide bonds. The fraction of sp³-hybridized carbons (Fsp3) is 0.222. The van der Waals surface area contributed by atoms with Crippen molar-refractivity contribution in [2.75, 3.05) is 13.2 Å². The Bertz CT molecular complexity index is 1600. The molecule has 5 rings (SSSR count). The molecule has 0 saturated carbocycles. The molecule has 0 radical (unpaired) electrons. The molecule has 3 aromatic heterocycles. The zero-order chi connectivity index (χ0) is 25.2. The minimum atomic E-state index is -0.188. The van der Waals surface area contributed by atoms with Gasteiger partial charge in [-0.2, -0.15) is 5.10 Å². The molecule has 184 valence electrons. The van der Waals surface area contributed by atoms with Gasteiger partial charge in [0, 0.05) is 18.0 Å². The van der Waals surface area contributed by atoms with Gasteiger partial charge in [-0.1, -0.05) is 23.7 Å². The maximum absolute atomic E-state index is 13.3. The van der Waals surface area contributed by atoms with Crippen LogP contribution in [0.25, 0.3) is 28.2 Å². The van der Waals surface area contributed by atoms with E-state index < -0.39 is 0 Å². The van der Waals surface area contributed by atoms with E-state index in [-0.39, 0.29) is 12.1 Å². The molecule has 3 heterocycles. The van der Waals surface area contributed by atoms with E-state index in [2.05, 4.69) is 10.1 Å².